The Morgan fingerprint density at radius 2 is 2.24 bits per heavy atom. The number of nitrogens with two attached hydrogens (primary N) is 1. The second-order valence-electron chi connectivity index (χ2n) is 3.86. The summed E-state index contributed by atoms with van der Waals surface area (Å²) in [4.78, 5) is 11.6. The van der Waals surface area contributed by atoms with E-state index in [1.807, 2.05) is 0 Å². The Morgan fingerprint density at radius 3 is 2.82 bits per heavy atom. The lowest BCUT2D eigenvalue weighted by Gasteiger charge is -2.13. The molecule has 0 heterocycles. The van der Waals surface area contributed by atoms with Gasteiger partial charge in [-0.05, 0) is 24.6 Å². The first-order valence-corrected chi connectivity index (χ1v) is 5.35. The van der Waals surface area contributed by atoms with Gasteiger partial charge >= 0.3 is 5.97 Å². The summed E-state index contributed by atoms with van der Waals surface area (Å²) in [5.74, 6) is -0.910. The maximum atomic E-state index is 11.6. The molecular formula is C12H17NO4. The molecule has 17 heavy (non-hydrogen) atoms. The first-order valence-electron chi connectivity index (χ1n) is 5.35. The highest BCUT2D eigenvalue weighted by Crippen LogP contribution is 2.19. The summed E-state index contributed by atoms with van der Waals surface area (Å²) in [7, 11) is 0. The van der Waals surface area contributed by atoms with Crippen LogP contribution < -0.4 is 5.73 Å². The lowest BCUT2D eigenvalue weighted by Crippen LogP contribution is -2.24. The number of anilines is 1. The van der Waals surface area contributed by atoms with Crippen LogP contribution in [0.1, 0.15) is 18.4 Å². The zero-order chi connectivity index (χ0) is 12.8. The second kappa shape index (κ2) is 6.22. The van der Waals surface area contributed by atoms with Crippen LogP contribution in [0.25, 0.3) is 0 Å². The Hall–Kier alpha value is -1.59. The Kier molecular flexibility index (Phi) is 4.93. The molecule has 2 unspecified atom stereocenters. The summed E-state index contributed by atoms with van der Waals surface area (Å²) < 4.78 is 4.86. The van der Waals surface area contributed by atoms with Crippen LogP contribution in [0.5, 0.6) is 0 Å². The molecule has 5 heteroatoms. The molecule has 0 aromatic heterocycles. The molecule has 5 nitrogen and oxygen atoms in total. The van der Waals surface area contributed by atoms with Gasteiger partial charge in [-0.25, -0.2) is 0 Å². The van der Waals surface area contributed by atoms with Crippen LogP contribution in [0.3, 0.4) is 0 Å². The van der Waals surface area contributed by atoms with Crippen LogP contribution in [-0.2, 0) is 9.53 Å². The van der Waals surface area contributed by atoms with Crippen LogP contribution in [0.15, 0.2) is 24.3 Å². The van der Waals surface area contributed by atoms with Crippen molar-refractivity contribution in [2.75, 3.05) is 18.9 Å². The quantitative estimate of drug-likeness (QED) is 0.506. The first-order chi connectivity index (χ1) is 8.04. The fourth-order valence-electron chi connectivity index (χ4n) is 1.32. The van der Waals surface area contributed by atoms with Gasteiger partial charge in [-0.15, -0.1) is 0 Å². The fourth-order valence-corrected chi connectivity index (χ4v) is 1.32. The number of carbonyl (C=O) groups excluding carboxylic acids is 1. The maximum Gasteiger partial charge on any atom is 0.313 e. The zero-order valence-corrected chi connectivity index (χ0v) is 9.67. The van der Waals surface area contributed by atoms with Gasteiger partial charge in [0.1, 0.15) is 12.7 Å². The lowest BCUT2D eigenvalue weighted by atomic mass is 10.0. The number of ether oxygens (including phenoxy) is 1. The lowest BCUT2D eigenvalue weighted by molar-refractivity contribution is -0.148. The van der Waals surface area contributed by atoms with Crippen LogP contribution in [0.2, 0.25) is 0 Å². The number of benzene rings is 1. The van der Waals surface area contributed by atoms with E-state index in [0.29, 0.717) is 5.69 Å². The average molecular weight is 239 g/mol. The summed E-state index contributed by atoms with van der Waals surface area (Å²) in [5, 5.41) is 17.6. The normalized spacial score (nSPS) is 14.1. The van der Waals surface area contributed by atoms with Crippen LogP contribution >= 0.6 is 0 Å². The van der Waals surface area contributed by atoms with Crippen LogP contribution in [0, 0.1) is 0 Å². The molecule has 0 amide bonds. The van der Waals surface area contributed by atoms with E-state index in [0.717, 1.165) is 5.56 Å². The number of rotatable bonds is 5. The third kappa shape index (κ3) is 4.05. The highest BCUT2D eigenvalue weighted by atomic mass is 16.5. The molecule has 94 valence electrons. The van der Waals surface area contributed by atoms with Crippen molar-refractivity contribution in [2.45, 2.75) is 18.9 Å². The van der Waals surface area contributed by atoms with E-state index in [9.17, 15) is 4.79 Å². The molecule has 0 saturated carbocycles. The third-order valence-electron chi connectivity index (χ3n) is 2.39. The van der Waals surface area contributed by atoms with Gasteiger partial charge in [-0.3, -0.25) is 4.79 Å². The zero-order valence-electron chi connectivity index (χ0n) is 9.67. The van der Waals surface area contributed by atoms with Crippen molar-refractivity contribution in [3.8, 4) is 0 Å². The molecule has 2 atom stereocenters. The average Bonchev–Trinajstić information content (AvgIpc) is 2.34. The van der Waals surface area contributed by atoms with E-state index in [1.54, 1.807) is 31.2 Å². The molecular weight excluding hydrogens is 222 g/mol. The van der Waals surface area contributed by atoms with Crippen LogP contribution in [0.4, 0.5) is 5.69 Å². The number of nitrogen functional groups attached to an aromatic ring is 1. The van der Waals surface area contributed by atoms with E-state index >= 15 is 0 Å². The van der Waals surface area contributed by atoms with E-state index in [1.165, 1.54) is 0 Å². The Morgan fingerprint density at radius 1 is 1.53 bits per heavy atom. The summed E-state index contributed by atoms with van der Waals surface area (Å²) in [6.07, 6.45) is -1.04. The molecule has 0 saturated heterocycles. The minimum atomic E-state index is -1.04. The van der Waals surface area contributed by atoms with Crippen molar-refractivity contribution in [1.29, 1.82) is 0 Å². The van der Waals surface area contributed by atoms with Crippen molar-refractivity contribution in [3.05, 3.63) is 29.8 Å². The Labute approximate surface area is 99.8 Å². The molecule has 1 rings (SSSR count). The van der Waals surface area contributed by atoms with Gasteiger partial charge in [-0.1, -0.05) is 12.1 Å². The Bertz CT molecular complexity index is 381. The Balaban J connectivity index is 2.57. The minimum absolute atomic E-state index is 0.206. The number of hydrogen-bond acceptors (Lipinski definition) is 5. The largest absolute Gasteiger partial charge is 0.462 e. The summed E-state index contributed by atoms with van der Waals surface area (Å²) in [5.41, 5.74) is 6.95. The van der Waals surface area contributed by atoms with Crippen LogP contribution in [-0.4, -0.2) is 35.5 Å². The number of aliphatic hydroxyl groups excluding tert-OH is 2. The fraction of sp³-hybridized carbons (Fsp3) is 0.417. The van der Waals surface area contributed by atoms with E-state index in [-0.39, 0.29) is 6.61 Å². The van der Waals surface area contributed by atoms with Crippen molar-refractivity contribution in [1.82, 2.24) is 0 Å². The minimum Gasteiger partial charge on any atom is -0.462 e. The molecule has 1 aromatic carbocycles. The van der Waals surface area contributed by atoms with Crippen molar-refractivity contribution in [2.24, 2.45) is 0 Å². The van der Waals surface area contributed by atoms with Gasteiger partial charge < -0.3 is 20.7 Å². The van der Waals surface area contributed by atoms with E-state index in [2.05, 4.69) is 0 Å². The van der Waals surface area contributed by atoms with Gasteiger partial charge in [-0.2, -0.15) is 0 Å². The number of esters is 1. The van der Waals surface area contributed by atoms with Gasteiger partial charge in [0, 0.05) is 5.69 Å². The van der Waals surface area contributed by atoms with Crippen molar-refractivity contribution in [3.63, 3.8) is 0 Å². The molecule has 1 aromatic rings. The number of hydrogen-bond donors (Lipinski definition) is 3. The maximum absolute atomic E-state index is 11.6. The molecule has 0 radical (unpaired) electrons. The second-order valence-corrected chi connectivity index (χ2v) is 3.86. The molecule has 0 aliphatic heterocycles. The molecule has 0 aliphatic carbocycles. The molecule has 4 N–H and O–H groups in total. The van der Waals surface area contributed by atoms with Crippen molar-refractivity contribution >= 4 is 11.7 Å². The molecule has 0 bridgehead atoms. The standard InChI is InChI=1S/C12H17NO4/c1-8(9-3-2-4-10(13)5-9)12(16)17-7-11(15)6-14/h2-5,8,11,14-15H,6-7,13H2,1H3. The molecule has 0 fully saturated rings. The third-order valence-corrected chi connectivity index (χ3v) is 2.39. The van der Waals surface area contributed by atoms with Crippen molar-refractivity contribution < 1.29 is 19.7 Å². The van der Waals surface area contributed by atoms with Gasteiger partial charge in [0.2, 0.25) is 0 Å². The monoisotopic (exact) mass is 239 g/mol. The smallest absolute Gasteiger partial charge is 0.313 e. The summed E-state index contributed by atoms with van der Waals surface area (Å²) >= 11 is 0. The van der Waals surface area contributed by atoms with E-state index < -0.39 is 24.6 Å². The summed E-state index contributed by atoms with van der Waals surface area (Å²) in [6, 6.07) is 6.98. The highest BCUT2D eigenvalue weighted by Gasteiger charge is 2.18. The predicted molar refractivity (Wildman–Crippen MR) is 63.3 cm³/mol. The number of aliphatic hydroxyl groups is 2. The van der Waals surface area contributed by atoms with E-state index in [4.69, 9.17) is 20.7 Å². The van der Waals surface area contributed by atoms with Gasteiger partial charge in [0.25, 0.3) is 0 Å². The topological polar surface area (TPSA) is 92.8 Å². The SMILES string of the molecule is CC(C(=O)OCC(O)CO)c1cccc(N)c1. The predicted octanol–water partition coefficient (Wildman–Crippen LogP) is 0.269. The first kappa shape index (κ1) is 13.5. The number of carbonyl (C=O) groups is 1. The highest BCUT2D eigenvalue weighted by molar-refractivity contribution is 5.78. The van der Waals surface area contributed by atoms with Gasteiger partial charge in [0.15, 0.2) is 0 Å². The molecule has 0 spiro atoms. The summed E-state index contributed by atoms with van der Waals surface area (Å²) in [6.45, 7) is 1.06. The van der Waals surface area contributed by atoms with Gasteiger partial charge in [0.05, 0.1) is 12.5 Å². The molecule has 0 aliphatic rings.